The van der Waals surface area contributed by atoms with E-state index < -0.39 is 0 Å². The lowest BCUT2D eigenvalue weighted by atomic mass is 9.87. The number of halogens is 1. The van der Waals surface area contributed by atoms with Crippen LogP contribution < -0.4 is 16.4 Å². The molecule has 2 aromatic rings. The number of nitrogen functional groups attached to an aromatic ring is 1. The third-order valence-corrected chi connectivity index (χ3v) is 3.89. The first kappa shape index (κ1) is 21.5. The minimum absolute atomic E-state index is 0. The summed E-state index contributed by atoms with van der Waals surface area (Å²) in [6.45, 7) is 6.64. The minimum Gasteiger partial charge on any atom is -0.397 e. The molecule has 0 aromatic heterocycles. The van der Waals surface area contributed by atoms with Gasteiger partial charge in [0, 0.05) is 18.5 Å². The molecule has 140 valence electrons. The van der Waals surface area contributed by atoms with Crippen LogP contribution in [0.1, 0.15) is 43.1 Å². The predicted octanol–water partition coefficient (Wildman–Crippen LogP) is 3.75. The molecule has 0 aliphatic carbocycles. The molecule has 2 rings (SSSR count). The lowest BCUT2D eigenvalue weighted by Crippen LogP contribution is -2.27. The van der Waals surface area contributed by atoms with Gasteiger partial charge in [0.1, 0.15) is 0 Å². The topological polar surface area (TPSA) is 84.2 Å². The van der Waals surface area contributed by atoms with Gasteiger partial charge in [-0.15, -0.1) is 12.4 Å². The first-order valence-corrected chi connectivity index (χ1v) is 8.30. The molecule has 5 nitrogen and oxygen atoms in total. The molecule has 0 aliphatic rings. The van der Waals surface area contributed by atoms with Crippen molar-refractivity contribution in [2.24, 2.45) is 0 Å². The van der Waals surface area contributed by atoms with E-state index in [1.807, 2.05) is 12.1 Å². The molecule has 0 radical (unpaired) electrons. The maximum absolute atomic E-state index is 12.1. The second-order valence-corrected chi connectivity index (χ2v) is 6.97. The number of amides is 2. The number of hydrogen-bond donors (Lipinski definition) is 3. The molecular formula is C20H26ClN3O2. The normalized spacial score (nSPS) is 10.6. The number of nitrogens with two attached hydrogens (primary N) is 1. The van der Waals surface area contributed by atoms with Gasteiger partial charge < -0.3 is 16.4 Å². The highest BCUT2D eigenvalue weighted by Crippen LogP contribution is 2.22. The molecule has 0 bridgehead atoms. The van der Waals surface area contributed by atoms with Crippen molar-refractivity contribution in [3.05, 3.63) is 59.7 Å². The number of hydrogen-bond acceptors (Lipinski definition) is 3. The van der Waals surface area contributed by atoms with E-state index in [0.29, 0.717) is 16.9 Å². The third kappa shape index (κ3) is 6.08. The van der Waals surface area contributed by atoms with Crippen molar-refractivity contribution in [2.75, 3.05) is 17.6 Å². The van der Waals surface area contributed by atoms with Crippen LogP contribution in [0.2, 0.25) is 0 Å². The fourth-order valence-electron chi connectivity index (χ4n) is 2.34. The van der Waals surface area contributed by atoms with Gasteiger partial charge >= 0.3 is 0 Å². The summed E-state index contributed by atoms with van der Waals surface area (Å²) in [5, 5.41) is 5.49. The Balaban J connectivity index is 0.00000338. The minimum atomic E-state index is -0.193. The van der Waals surface area contributed by atoms with Gasteiger partial charge in [-0.05, 0) is 35.2 Å². The van der Waals surface area contributed by atoms with Crippen LogP contribution in [0, 0.1) is 0 Å². The SMILES string of the molecule is CC(C)(C)c1ccc(C(=O)NCCC(=O)Nc2ccccc2N)cc1.Cl. The van der Waals surface area contributed by atoms with Crippen molar-refractivity contribution in [3.8, 4) is 0 Å². The fraction of sp³-hybridized carbons (Fsp3) is 0.300. The van der Waals surface area contributed by atoms with Crippen molar-refractivity contribution >= 4 is 35.6 Å². The molecule has 0 saturated heterocycles. The van der Waals surface area contributed by atoms with Gasteiger partial charge in [-0.3, -0.25) is 9.59 Å². The zero-order valence-corrected chi connectivity index (χ0v) is 16.2. The Morgan fingerprint density at radius 1 is 1.00 bits per heavy atom. The van der Waals surface area contributed by atoms with Crippen LogP contribution in [0.25, 0.3) is 0 Å². The molecule has 26 heavy (non-hydrogen) atoms. The molecular weight excluding hydrogens is 350 g/mol. The summed E-state index contributed by atoms with van der Waals surface area (Å²) < 4.78 is 0. The van der Waals surface area contributed by atoms with Crippen LogP contribution in [0.5, 0.6) is 0 Å². The second-order valence-electron chi connectivity index (χ2n) is 6.97. The maximum atomic E-state index is 12.1. The number of anilines is 2. The van der Waals surface area contributed by atoms with E-state index in [4.69, 9.17) is 5.73 Å². The zero-order valence-electron chi connectivity index (χ0n) is 15.3. The average Bonchev–Trinajstić information content (AvgIpc) is 2.56. The van der Waals surface area contributed by atoms with Crippen molar-refractivity contribution in [3.63, 3.8) is 0 Å². The summed E-state index contributed by atoms with van der Waals surface area (Å²) in [6, 6.07) is 14.6. The van der Waals surface area contributed by atoms with Gasteiger partial charge in [0.25, 0.3) is 5.91 Å². The number of nitrogens with one attached hydrogen (secondary N) is 2. The molecule has 2 amide bonds. The molecule has 2 aromatic carbocycles. The Kier molecular flexibility index (Phi) is 7.65. The molecule has 0 atom stereocenters. The highest BCUT2D eigenvalue weighted by atomic mass is 35.5. The number of carbonyl (C=O) groups is 2. The first-order valence-electron chi connectivity index (χ1n) is 8.30. The standard InChI is InChI=1S/C20H25N3O2.ClH/c1-20(2,3)15-10-8-14(9-11-15)19(25)22-13-12-18(24)23-17-7-5-4-6-16(17)21;/h4-11H,12-13,21H2,1-3H3,(H,22,25)(H,23,24);1H. The van der Waals surface area contributed by atoms with Gasteiger partial charge in [-0.1, -0.05) is 45.0 Å². The van der Waals surface area contributed by atoms with E-state index in [1.165, 1.54) is 5.56 Å². The van der Waals surface area contributed by atoms with Gasteiger partial charge in [0.05, 0.1) is 11.4 Å². The Hall–Kier alpha value is -2.53. The highest BCUT2D eigenvalue weighted by Gasteiger charge is 2.14. The van der Waals surface area contributed by atoms with Crippen molar-refractivity contribution in [1.29, 1.82) is 0 Å². The van der Waals surface area contributed by atoms with Crippen LogP contribution in [0.3, 0.4) is 0 Å². The summed E-state index contributed by atoms with van der Waals surface area (Å²) >= 11 is 0. The summed E-state index contributed by atoms with van der Waals surface area (Å²) in [7, 11) is 0. The van der Waals surface area contributed by atoms with Crippen LogP contribution in [-0.2, 0) is 10.2 Å². The molecule has 0 unspecified atom stereocenters. The first-order chi connectivity index (χ1) is 11.8. The van der Waals surface area contributed by atoms with Crippen molar-refractivity contribution < 1.29 is 9.59 Å². The summed E-state index contributed by atoms with van der Waals surface area (Å²) in [6.07, 6.45) is 0.181. The smallest absolute Gasteiger partial charge is 0.251 e. The Bertz CT molecular complexity index is 752. The van der Waals surface area contributed by atoms with Gasteiger partial charge in [0.2, 0.25) is 5.91 Å². The van der Waals surface area contributed by atoms with Crippen LogP contribution >= 0.6 is 12.4 Å². The fourth-order valence-corrected chi connectivity index (χ4v) is 2.34. The Labute approximate surface area is 160 Å². The largest absolute Gasteiger partial charge is 0.397 e. The Morgan fingerprint density at radius 3 is 2.19 bits per heavy atom. The van der Waals surface area contributed by atoms with Crippen LogP contribution in [0.15, 0.2) is 48.5 Å². The van der Waals surface area contributed by atoms with Crippen molar-refractivity contribution in [2.45, 2.75) is 32.6 Å². The number of rotatable bonds is 5. The summed E-state index contributed by atoms with van der Waals surface area (Å²) in [5.74, 6) is -0.381. The van der Waals surface area contributed by atoms with E-state index in [9.17, 15) is 9.59 Å². The van der Waals surface area contributed by atoms with E-state index in [0.717, 1.165) is 0 Å². The predicted molar refractivity (Wildman–Crippen MR) is 109 cm³/mol. The Morgan fingerprint density at radius 2 is 1.62 bits per heavy atom. The highest BCUT2D eigenvalue weighted by molar-refractivity contribution is 5.96. The number of para-hydroxylation sites is 2. The van der Waals surface area contributed by atoms with Gasteiger partial charge in [-0.2, -0.15) is 0 Å². The lowest BCUT2D eigenvalue weighted by Gasteiger charge is -2.19. The third-order valence-electron chi connectivity index (χ3n) is 3.89. The summed E-state index contributed by atoms with van der Waals surface area (Å²) in [5.41, 5.74) is 8.68. The second kappa shape index (κ2) is 9.25. The number of benzene rings is 2. The number of carbonyl (C=O) groups excluding carboxylic acids is 2. The van der Waals surface area contributed by atoms with Crippen LogP contribution in [0.4, 0.5) is 11.4 Å². The molecule has 6 heteroatoms. The maximum Gasteiger partial charge on any atom is 0.251 e. The van der Waals surface area contributed by atoms with Crippen LogP contribution in [-0.4, -0.2) is 18.4 Å². The van der Waals surface area contributed by atoms with E-state index in [2.05, 4.69) is 31.4 Å². The van der Waals surface area contributed by atoms with E-state index in [1.54, 1.807) is 36.4 Å². The zero-order chi connectivity index (χ0) is 18.4. The molecule has 0 spiro atoms. The van der Waals surface area contributed by atoms with E-state index in [-0.39, 0.29) is 42.6 Å². The average molecular weight is 376 g/mol. The van der Waals surface area contributed by atoms with Gasteiger partial charge in [-0.25, -0.2) is 0 Å². The quantitative estimate of drug-likeness (QED) is 0.696. The van der Waals surface area contributed by atoms with E-state index >= 15 is 0 Å². The molecule has 4 N–H and O–H groups in total. The molecule has 0 aliphatic heterocycles. The van der Waals surface area contributed by atoms with Crippen molar-refractivity contribution in [1.82, 2.24) is 5.32 Å². The molecule has 0 saturated carbocycles. The lowest BCUT2D eigenvalue weighted by molar-refractivity contribution is -0.116. The molecule has 0 fully saturated rings. The molecule has 0 heterocycles. The summed E-state index contributed by atoms with van der Waals surface area (Å²) in [4.78, 5) is 24.1. The van der Waals surface area contributed by atoms with Gasteiger partial charge in [0.15, 0.2) is 0 Å². The monoisotopic (exact) mass is 375 g/mol.